The zero-order valence-electron chi connectivity index (χ0n) is 12.1. The Balaban J connectivity index is 1.98. The van der Waals surface area contributed by atoms with Crippen LogP contribution in [0.4, 0.5) is 0 Å². The van der Waals surface area contributed by atoms with Crippen molar-refractivity contribution in [3.05, 3.63) is 29.8 Å². The molecular weight excluding hydrogens is 306 g/mol. The Hall–Kier alpha value is -2.42. The minimum Gasteiger partial charge on any atom is -0.468 e. The highest BCUT2D eigenvalue weighted by Gasteiger charge is 2.13. The molecule has 0 saturated carbocycles. The largest absolute Gasteiger partial charge is 0.468 e. The van der Waals surface area contributed by atoms with Crippen LogP contribution in [0.3, 0.4) is 0 Å². The molecular formula is C13H15N5O3S. The van der Waals surface area contributed by atoms with Gasteiger partial charge in [0.1, 0.15) is 6.54 Å². The highest BCUT2D eigenvalue weighted by Crippen LogP contribution is 2.19. The number of para-hydroxylation sites is 1. The van der Waals surface area contributed by atoms with Gasteiger partial charge in [0.2, 0.25) is 11.1 Å². The van der Waals surface area contributed by atoms with Gasteiger partial charge in [0, 0.05) is 0 Å². The Bertz CT molecular complexity index is 673. The molecule has 0 spiro atoms. The quantitative estimate of drug-likeness (QED) is 0.605. The van der Waals surface area contributed by atoms with Crippen LogP contribution >= 0.6 is 11.8 Å². The van der Waals surface area contributed by atoms with E-state index in [2.05, 4.69) is 25.6 Å². The van der Waals surface area contributed by atoms with Crippen molar-refractivity contribution in [3.63, 3.8) is 0 Å². The van der Waals surface area contributed by atoms with E-state index in [1.165, 1.54) is 18.9 Å². The van der Waals surface area contributed by atoms with Crippen LogP contribution in [0.25, 0.3) is 5.69 Å². The lowest BCUT2D eigenvalue weighted by Gasteiger charge is -2.07. The third kappa shape index (κ3) is 4.04. The average molecular weight is 321 g/mol. The van der Waals surface area contributed by atoms with Crippen LogP contribution in [0.1, 0.15) is 5.56 Å². The second-order valence-electron chi connectivity index (χ2n) is 4.30. The highest BCUT2D eigenvalue weighted by atomic mass is 32.2. The second kappa shape index (κ2) is 7.55. The van der Waals surface area contributed by atoms with Crippen LogP contribution in [0, 0.1) is 6.92 Å². The number of carbonyl (C=O) groups is 2. The SMILES string of the molecule is COC(=O)CNC(=O)CSc1nnnn1-c1ccccc1C. The van der Waals surface area contributed by atoms with Gasteiger partial charge in [-0.1, -0.05) is 30.0 Å². The third-order valence-electron chi connectivity index (χ3n) is 2.77. The number of thioether (sulfide) groups is 1. The van der Waals surface area contributed by atoms with Gasteiger partial charge in [0.15, 0.2) is 0 Å². The molecule has 9 heteroatoms. The average Bonchev–Trinajstić information content (AvgIpc) is 2.99. The molecule has 0 saturated heterocycles. The first-order valence-corrected chi connectivity index (χ1v) is 7.41. The van der Waals surface area contributed by atoms with Crippen LogP contribution in [-0.2, 0) is 14.3 Å². The standard InChI is InChI=1S/C13H15N5O3S/c1-9-5-3-4-6-10(9)18-13(15-16-17-18)22-8-11(19)14-7-12(20)21-2/h3-6H,7-8H2,1-2H3,(H,14,19). The first kappa shape index (κ1) is 16.0. The highest BCUT2D eigenvalue weighted by molar-refractivity contribution is 7.99. The lowest BCUT2D eigenvalue weighted by atomic mass is 10.2. The minimum absolute atomic E-state index is 0.100. The number of benzene rings is 1. The Kier molecular flexibility index (Phi) is 5.48. The van der Waals surface area contributed by atoms with Crippen molar-refractivity contribution in [3.8, 4) is 5.69 Å². The molecule has 0 aliphatic carbocycles. The maximum Gasteiger partial charge on any atom is 0.325 e. The van der Waals surface area contributed by atoms with Gasteiger partial charge in [-0.15, -0.1) is 5.10 Å². The number of esters is 1. The number of amides is 1. The number of carbonyl (C=O) groups excluding carboxylic acids is 2. The second-order valence-corrected chi connectivity index (χ2v) is 5.24. The summed E-state index contributed by atoms with van der Waals surface area (Å²) < 4.78 is 6.02. The summed E-state index contributed by atoms with van der Waals surface area (Å²) in [5.41, 5.74) is 1.87. The number of aryl methyl sites for hydroxylation is 1. The fraction of sp³-hybridized carbons (Fsp3) is 0.308. The fourth-order valence-electron chi connectivity index (χ4n) is 1.65. The van der Waals surface area contributed by atoms with E-state index in [-0.39, 0.29) is 18.2 Å². The first-order chi connectivity index (χ1) is 10.6. The molecule has 0 atom stereocenters. The summed E-state index contributed by atoms with van der Waals surface area (Å²) >= 11 is 1.19. The van der Waals surface area contributed by atoms with Crippen molar-refractivity contribution in [1.29, 1.82) is 0 Å². The van der Waals surface area contributed by atoms with Crippen molar-refractivity contribution < 1.29 is 14.3 Å². The van der Waals surface area contributed by atoms with Gasteiger partial charge in [0.25, 0.3) is 0 Å². The van der Waals surface area contributed by atoms with Gasteiger partial charge < -0.3 is 10.1 Å². The number of tetrazole rings is 1. The minimum atomic E-state index is -0.497. The van der Waals surface area contributed by atoms with E-state index in [0.717, 1.165) is 11.3 Å². The fourth-order valence-corrected chi connectivity index (χ4v) is 2.36. The molecule has 2 rings (SSSR count). The number of nitrogens with zero attached hydrogens (tertiary/aromatic N) is 4. The molecule has 0 bridgehead atoms. The predicted molar refractivity (Wildman–Crippen MR) is 79.6 cm³/mol. The summed E-state index contributed by atoms with van der Waals surface area (Å²) in [6.45, 7) is 1.80. The Morgan fingerprint density at radius 3 is 2.86 bits per heavy atom. The molecule has 22 heavy (non-hydrogen) atoms. The molecule has 0 aliphatic heterocycles. The maximum atomic E-state index is 11.7. The molecule has 1 N–H and O–H groups in total. The molecule has 8 nitrogen and oxygen atoms in total. The number of ether oxygens (including phenoxy) is 1. The summed E-state index contributed by atoms with van der Waals surface area (Å²) in [6, 6.07) is 7.67. The van der Waals surface area contributed by atoms with Crippen LogP contribution in [0.5, 0.6) is 0 Å². The lowest BCUT2D eigenvalue weighted by Crippen LogP contribution is -2.31. The molecule has 1 aromatic heterocycles. The van der Waals surface area contributed by atoms with E-state index < -0.39 is 5.97 Å². The Morgan fingerprint density at radius 2 is 2.14 bits per heavy atom. The number of aromatic nitrogens is 4. The van der Waals surface area contributed by atoms with Gasteiger partial charge >= 0.3 is 5.97 Å². The monoisotopic (exact) mass is 321 g/mol. The van der Waals surface area contributed by atoms with Crippen LogP contribution < -0.4 is 5.32 Å². The van der Waals surface area contributed by atoms with Gasteiger partial charge in [-0.2, -0.15) is 4.68 Å². The molecule has 1 aromatic carbocycles. The third-order valence-corrected chi connectivity index (χ3v) is 3.69. The number of hydrogen-bond donors (Lipinski definition) is 1. The summed E-state index contributed by atoms with van der Waals surface area (Å²) in [5, 5.41) is 14.4. The van der Waals surface area contributed by atoms with Crippen LogP contribution in [0.2, 0.25) is 0 Å². The normalized spacial score (nSPS) is 10.3. The number of hydrogen-bond acceptors (Lipinski definition) is 7. The van der Waals surface area contributed by atoms with E-state index in [1.807, 2.05) is 31.2 Å². The van der Waals surface area contributed by atoms with Gasteiger partial charge in [0.05, 0.1) is 18.6 Å². The number of nitrogens with one attached hydrogen (secondary N) is 1. The first-order valence-electron chi connectivity index (χ1n) is 6.42. The number of rotatable bonds is 6. The van der Waals surface area contributed by atoms with Crippen LogP contribution in [-0.4, -0.2) is 51.5 Å². The Morgan fingerprint density at radius 1 is 1.36 bits per heavy atom. The van der Waals surface area contributed by atoms with Crippen molar-refractivity contribution in [2.45, 2.75) is 12.1 Å². The zero-order chi connectivity index (χ0) is 15.9. The molecule has 0 unspecified atom stereocenters. The van der Waals surface area contributed by atoms with Crippen molar-refractivity contribution >= 4 is 23.6 Å². The zero-order valence-corrected chi connectivity index (χ0v) is 13.0. The maximum absolute atomic E-state index is 11.7. The smallest absolute Gasteiger partial charge is 0.325 e. The van der Waals surface area contributed by atoms with E-state index in [0.29, 0.717) is 5.16 Å². The number of methoxy groups -OCH3 is 1. The van der Waals surface area contributed by atoms with Crippen LogP contribution in [0.15, 0.2) is 29.4 Å². The van der Waals surface area contributed by atoms with Crippen molar-refractivity contribution in [1.82, 2.24) is 25.5 Å². The lowest BCUT2D eigenvalue weighted by molar-refractivity contribution is -0.140. The molecule has 0 fully saturated rings. The topological polar surface area (TPSA) is 99.0 Å². The molecule has 116 valence electrons. The van der Waals surface area contributed by atoms with E-state index in [4.69, 9.17) is 0 Å². The predicted octanol–water partition coefficient (Wildman–Crippen LogP) is 0.352. The molecule has 1 heterocycles. The summed E-state index contributed by atoms with van der Waals surface area (Å²) in [7, 11) is 1.26. The summed E-state index contributed by atoms with van der Waals surface area (Å²) in [5.74, 6) is -0.693. The van der Waals surface area contributed by atoms with E-state index in [9.17, 15) is 9.59 Å². The van der Waals surface area contributed by atoms with E-state index in [1.54, 1.807) is 4.68 Å². The van der Waals surface area contributed by atoms with Gasteiger partial charge in [-0.05, 0) is 29.0 Å². The van der Waals surface area contributed by atoms with Crippen molar-refractivity contribution in [2.24, 2.45) is 0 Å². The summed E-state index contributed by atoms with van der Waals surface area (Å²) in [6.07, 6.45) is 0. The molecule has 2 aromatic rings. The van der Waals surface area contributed by atoms with E-state index >= 15 is 0 Å². The molecule has 0 aliphatic rings. The summed E-state index contributed by atoms with van der Waals surface area (Å²) in [4.78, 5) is 22.6. The molecule has 1 amide bonds. The van der Waals surface area contributed by atoms with Crippen molar-refractivity contribution in [2.75, 3.05) is 19.4 Å². The molecule has 0 radical (unpaired) electrons. The van der Waals surface area contributed by atoms with Gasteiger partial charge in [-0.3, -0.25) is 9.59 Å². The Labute approximate surface area is 131 Å². The van der Waals surface area contributed by atoms with Gasteiger partial charge in [-0.25, -0.2) is 0 Å².